The molecule has 5 nitrogen and oxygen atoms in total. The lowest BCUT2D eigenvalue weighted by Gasteiger charge is -2.34. The fourth-order valence-corrected chi connectivity index (χ4v) is 1.77. The number of nitrogens with zero attached hydrogens (tertiary/aromatic N) is 3. The SMILES string of the molecule is N#CCCN1CCN(S(=O)[O-])CC1. The lowest BCUT2D eigenvalue weighted by Crippen LogP contribution is -2.46. The van der Waals surface area contributed by atoms with Crippen LogP contribution in [0.4, 0.5) is 0 Å². The van der Waals surface area contributed by atoms with Gasteiger partial charge >= 0.3 is 0 Å². The summed E-state index contributed by atoms with van der Waals surface area (Å²) in [5.41, 5.74) is 0. The molecule has 0 bridgehead atoms. The maximum atomic E-state index is 10.5. The molecule has 1 atom stereocenters. The van der Waals surface area contributed by atoms with Crippen LogP contribution in [-0.2, 0) is 11.3 Å². The van der Waals surface area contributed by atoms with E-state index in [-0.39, 0.29) is 0 Å². The van der Waals surface area contributed by atoms with Crippen molar-refractivity contribution >= 4 is 11.3 Å². The predicted octanol–water partition coefficient (Wildman–Crippen LogP) is -0.688. The predicted molar refractivity (Wildman–Crippen MR) is 47.2 cm³/mol. The Morgan fingerprint density at radius 1 is 1.38 bits per heavy atom. The molecule has 0 amide bonds. The largest absolute Gasteiger partial charge is 0.760 e. The van der Waals surface area contributed by atoms with Crippen LogP contribution >= 0.6 is 0 Å². The van der Waals surface area contributed by atoms with Crippen LogP contribution < -0.4 is 0 Å². The van der Waals surface area contributed by atoms with Crippen molar-refractivity contribution in [2.24, 2.45) is 0 Å². The molecule has 1 unspecified atom stereocenters. The smallest absolute Gasteiger partial charge is 0.0635 e. The first kappa shape index (κ1) is 10.6. The normalized spacial score (nSPS) is 22.5. The molecule has 0 aromatic rings. The number of nitriles is 1. The van der Waals surface area contributed by atoms with E-state index in [9.17, 15) is 8.76 Å². The van der Waals surface area contributed by atoms with Crippen molar-refractivity contribution in [2.45, 2.75) is 6.42 Å². The molecule has 1 aliphatic rings. The average Bonchev–Trinajstić information content (AvgIpc) is 2.15. The molecule has 0 aliphatic carbocycles. The third-order valence-electron chi connectivity index (χ3n) is 2.08. The van der Waals surface area contributed by atoms with E-state index < -0.39 is 11.3 Å². The molecular formula is C7H12N3O2S-. The van der Waals surface area contributed by atoms with Gasteiger partial charge in [-0.2, -0.15) is 5.26 Å². The van der Waals surface area contributed by atoms with Crippen LogP contribution in [0.15, 0.2) is 0 Å². The molecule has 1 aliphatic heterocycles. The monoisotopic (exact) mass is 202 g/mol. The van der Waals surface area contributed by atoms with E-state index in [1.165, 1.54) is 4.31 Å². The van der Waals surface area contributed by atoms with E-state index in [4.69, 9.17) is 5.26 Å². The Kier molecular flexibility index (Phi) is 4.32. The summed E-state index contributed by atoms with van der Waals surface area (Å²) in [6, 6.07) is 2.07. The van der Waals surface area contributed by atoms with Crippen molar-refractivity contribution < 1.29 is 8.76 Å². The summed E-state index contributed by atoms with van der Waals surface area (Å²) in [6.45, 7) is 3.30. The van der Waals surface area contributed by atoms with Crippen LogP contribution in [0.3, 0.4) is 0 Å². The second kappa shape index (κ2) is 5.29. The molecule has 0 saturated carbocycles. The van der Waals surface area contributed by atoms with Crippen LogP contribution in [0.25, 0.3) is 0 Å². The topological polar surface area (TPSA) is 70.4 Å². The van der Waals surface area contributed by atoms with Crippen molar-refractivity contribution in [1.82, 2.24) is 9.21 Å². The Morgan fingerprint density at radius 2 is 2.00 bits per heavy atom. The van der Waals surface area contributed by atoms with Crippen molar-refractivity contribution in [1.29, 1.82) is 5.26 Å². The summed E-state index contributed by atoms with van der Waals surface area (Å²) < 4.78 is 22.5. The van der Waals surface area contributed by atoms with E-state index in [1.54, 1.807) is 0 Å². The van der Waals surface area contributed by atoms with Gasteiger partial charge in [-0.1, -0.05) is 0 Å². The van der Waals surface area contributed by atoms with Gasteiger partial charge < -0.3 is 4.55 Å². The lowest BCUT2D eigenvalue weighted by atomic mass is 10.3. The Labute approximate surface area is 80.3 Å². The zero-order valence-corrected chi connectivity index (χ0v) is 8.13. The highest BCUT2D eigenvalue weighted by Crippen LogP contribution is 2.03. The molecule has 6 heteroatoms. The molecule has 0 N–H and O–H groups in total. The molecule has 0 aromatic heterocycles. The van der Waals surface area contributed by atoms with E-state index in [0.717, 1.165) is 19.6 Å². The van der Waals surface area contributed by atoms with Gasteiger partial charge in [0.1, 0.15) is 0 Å². The third-order valence-corrected chi connectivity index (χ3v) is 2.87. The fraction of sp³-hybridized carbons (Fsp3) is 0.857. The minimum Gasteiger partial charge on any atom is -0.760 e. The van der Waals surface area contributed by atoms with Crippen LogP contribution in [0.5, 0.6) is 0 Å². The van der Waals surface area contributed by atoms with Gasteiger partial charge in [-0.25, -0.2) is 4.31 Å². The average molecular weight is 202 g/mol. The maximum absolute atomic E-state index is 10.5. The minimum atomic E-state index is -2.08. The molecule has 1 heterocycles. The van der Waals surface area contributed by atoms with Gasteiger partial charge in [0.25, 0.3) is 0 Å². The lowest BCUT2D eigenvalue weighted by molar-refractivity contribution is 0.189. The Morgan fingerprint density at radius 3 is 2.46 bits per heavy atom. The third kappa shape index (κ3) is 3.40. The highest BCUT2D eigenvalue weighted by atomic mass is 32.2. The molecule has 13 heavy (non-hydrogen) atoms. The second-order valence-electron chi connectivity index (χ2n) is 2.90. The van der Waals surface area contributed by atoms with Crippen LogP contribution in [0, 0.1) is 11.3 Å². The summed E-state index contributed by atoms with van der Waals surface area (Å²) in [4.78, 5) is 2.10. The zero-order valence-electron chi connectivity index (χ0n) is 7.31. The molecule has 0 spiro atoms. The summed E-state index contributed by atoms with van der Waals surface area (Å²) in [5.74, 6) is 0. The maximum Gasteiger partial charge on any atom is 0.0635 e. The Bertz CT molecular complexity index is 220. The van der Waals surface area contributed by atoms with Gasteiger partial charge in [-0.05, 0) is 0 Å². The van der Waals surface area contributed by atoms with E-state index in [2.05, 4.69) is 11.0 Å². The van der Waals surface area contributed by atoms with E-state index in [1.807, 2.05) is 0 Å². The first-order valence-electron chi connectivity index (χ1n) is 4.17. The first-order chi connectivity index (χ1) is 6.24. The van der Waals surface area contributed by atoms with E-state index >= 15 is 0 Å². The molecule has 0 radical (unpaired) electrons. The molecule has 1 saturated heterocycles. The van der Waals surface area contributed by atoms with Gasteiger partial charge in [0.15, 0.2) is 0 Å². The van der Waals surface area contributed by atoms with Crippen molar-refractivity contribution in [3.05, 3.63) is 0 Å². The van der Waals surface area contributed by atoms with Crippen LogP contribution in [0.2, 0.25) is 0 Å². The summed E-state index contributed by atoms with van der Waals surface area (Å²) >= 11 is -2.08. The standard InChI is InChI=1S/C7H13N3O2S/c8-2-1-3-9-4-6-10(7-5-9)13(11)12/h1,3-7H2,(H,11,12)/p-1. The number of hydrogen-bond acceptors (Lipinski definition) is 4. The fourth-order valence-electron chi connectivity index (χ4n) is 1.31. The Balaban J connectivity index is 2.23. The van der Waals surface area contributed by atoms with E-state index in [0.29, 0.717) is 19.5 Å². The van der Waals surface area contributed by atoms with Crippen molar-refractivity contribution in [2.75, 3.05) is 32.7 Å². The minimum absolute atomic E-state index is 0.514. The highest BCUT2D eigenvalue weighted by molar-refractivity contribution is 7.76. The molecule has 1 fully saturated rings. The van der Waals surface area contributed by atoms with Gasteiger partial charge in [0, 0.05) is 50.4 Å². The van der Waals surface area contributed by atoms with Crippen molar-refractivity contribution in [3.63, 3.8) is 0 Å². The molecule has 74 valence electrons. The summed E-state index contributed by atoms with van der Waals surface area (Å²) in [6.07, 6.45) is 0.514. The Hall–Kier alpha value is -0.480. The summed E-state index contributed by atoms with van der Waals surface area (Å²) in [7, 11) is 0. The summed E-state index contributed by atoms with van der Waals surface area (Å²) in [5, 5.41) is 8.35. The zero-order chi connectivity index (χ0) is 9.68. The van der Waals surface area contributed by atoms with Crippen molar-refractivity contribution in [3.8, 4) is 6.07 Å². The first-order valence-corrected chi connectivity index (χ1v) is 5.21. The van der Waals surface area contributed by atoms with Crippen LogP contribution in [0.1, 0.15) is 6.42 Å². The number of hydrogen-bond donors (Lipinski definition) is 0. The number of rotatable bonds is 3. The second-order valence-corrected chi connectivity index (χ2v) is 3.85. The quantitative estimate of drug-likeness (QED) is 0.568. The molecule has 1 rings (SSSR count). The molecular weight excluding hydrogens is 190 g/mol. The van der Waals surface area contributed by atoms with Gasteiger partial charge in [0.05, 0.1) is 6.07 Å². The highest BCUT2D eigenvalue weighted by Gasteiger charge is 2.16. The molecule has 0 aromatic carbocycles. The van der Waals surface area contributed by atoms with Gasteiger partial charge in [0.2, 0.25) is 0 Å². The van der Waals surface area contributed by atoms with Crippen LogP contribution in [-0.4, -0.2) is 50.7 Å². The number of piperazine rings is 1. The van der Waals surface area contributed by atoms with Gasteiger partial charge in [-0.15, -0.1) is 0 Å². The van der Waals surface area contributed by atoms with Gasteiger partial charge in [-0.3, -0.25) is 9.11 Å².